The summed E-state index contributed by atoms with van der Waals surface area (Å²) >= 11 is 7.69. The van der Waals surface area contributed by atoms with Crippen LogP contribution in [0.5, 0.6) is 5.75 Å². The SMILES string of the molecule is O=C(COc1ccc(F)cc1F)N1CCC(c2nc3cc(Cl)ccc3s2)CC1. The normalized spacial score (nSPS) is 15.2. The third kappa shape index (κ3) is 4.10. The molecule has 4 rings (SSSR count). The number of thiazole rings is 1. The summed E-state index contributed by atoms with van der Waals surface area (Å²) in [7, 11) is 0. The first-order valence-corrected chi connectivity index (χ1v) is 10.1. The predicted octanol–water partition coefficient (Wildman–Crippen LogP) is 5.01. The molecule has 2 heterocycles. The van der Waals surface area contributed by atoms with Crippen molar-refractivity contribution in [3.8, 4) is 5.75 Å². The summed E-state index contributed by atoms with van der Waals surface area (Å²) in [5, 5.41) is 1.73. The van der Waals surface area contributed by atoms with E-state index in [2.05, 4.69) is 0 Å². The van der Waals surface area contributed by atoms with Crippen molar-refractivity contribution in [3.05, 3.63) is 58.1 Å². The largest absolute Gasteiger partial charge is 0.481 e. The maximum Gasteiger partial charge on any atom is 0.260 e. The molecule has 0 unspecified atom stereocenters. The van der Waals surface area contributed by atoms with Crippen molar-refractivity contribution in [1.82, 2.24) is 9.88 Å². The molecule has 2 aromatic carbocycles. The molecule has 3 aromatic rings. The van der Waals surface area contributed by atoms with Crippen LogP contribution in [0.4, 0.5) is 8.78 Å². The highest BCUT2D eigenvalue weighted by molar-refractivity contribution is 7.18. The molecule has 1 aromatic heterocycles. The zero-order valence-corrected chi connectivity index (χ0v) is 16.4. The number of halogens is 3. The zero-order valence-electron chi connectivity index (χ0n) is 14.8. The van der Waals surface area contributed by atoms with Crippen LogP contribution in [0.3, 0.4) is 0 Å². The minimum Gasteiger partial charge on any atom is -0.481 e. The van der Waals surface area contributed by atoms with E-state index in [1.54, 1.807) is 16.2 Å². The molecule has 146 valence electrons. The van der Waals surface area contributed by atoms with Gasteiger partial charge in [-0.15, -0.1) is 11.3 Å². The molecular weight excluding hydrogens is 406 g/mol. The fourth-order valence-electron chi connectivity index (χ4n) is 3.29. The van der Waals surface area contributed by atoms with Gasteiger partial charge in [-0.3, -0.25) is 4.79 Å². The summed E-state index contributed by atoms with van der Waals surface area (Å²) < 4.78 is 32.8. The van der Waals surface area contributed by atoms with Gasteiger partial charge in [-0.25, -0.2) is 13.8 Å². The highest BCUT2D eigenvalue weighted by Crippen LogP contribution is 2.34. The number of piperidine rings is 1. The summed E-state index contributed by atoms with van der Waals surface area (Å²) in [6.07, 6.45) is 1.62. The lowest BCUT2D eigenvalue weighted by molar-refractivity contribution is -0.134. The summed E-state index contributed by atoms with van der Waals surface area (Å²) in [5.41, 5.74) is 0.903. The van der Waals surface area contributed by atoms with E-state index in [0.717, 1.165) is 40.2 Å². The van der Waals surface area contributed by atoms with Gasteiger partial charge in [0.25, 0.3) is 5.91 Å². The van der Waals surface area contributed by atoms with Crippen molar-refractivity contribution in [2.75, 3.05) is 19.7 Å². The maximum atomic E-state index is 13.6. The number of hydrogen-bond donors (Lipinski definition) is 0. The van der Waals surface area contributed by atoms with Crippen LogP contribution in [-0.2, 0) is 4.79 Å². The average molecular weight is 423 g/mol. The van der Waals surface area contributed by atoms with Gasteiger partial charge < -0.3 is 9.64 Å². The number of benzene rings is 2. The van der Waals surface area contributed by atoms with Gasteiger partial charge in [-0.2, -0.15) is 0 Å². The molecule has 1 aliphatic rings. The van der Waals surface area contributed by atoms with Crippen LogP contribution < -0.4 is 4.74 Å². The molecule has 1 aliphatic heterocycles. The molecule has 0 aliphatic carbocycles. The standard InChI is InChI=1S/C20H17ClF2N2O2S/c21-13-1-4-18-16(9-13)24-20(28-18)12-5-7-25(8-6-12)19(26)11-27-17-3-2-14(22)10-15(17)23/h1-4,9-10,12H,5-8,11H2. The molecule has 0 spiro atoms. The first kappa shape index (κ1) is 19.1. The van der Waals surface area contributed by atoms with E-state index in [1.807, 2.05) is 18.2 Å². The Kier molecular flexibility index (Phi) is 5.46. The second-order valence-corrected chi connectivity index (χ2v) is 8.18. The Morgan fingerprint density at radius 1 is 1.21 bits per heavy atom. The monoisotopic (exact) mass is 422 g/mol. The fraction of sp³-hybridized carbons (Fsp3) is 0.300. The topological polar surface area (TPSA) is 42.4 Å². The van der Waals surface area contributed by atoms with Crippen LogP contribution in [0.1, 0.15) is 23.8 Å². The lowest BCUT2D eigenvalue weighted by Crippen LogP contribution is -2.40. The number of carbonyl (C=O) groups is 1. The molecule has 0 bridgehead atoms. The number of nitrogens with zero attached hydrogens (tertiary/aromatic N) is 2. The van der Waals surface area contributed by atoms with Crippen LogP contribution >= 0.6 is 22.9 Å². The van der Waals surface area contributed by atoms with E-state index >= 15 is 0 Å². The Hall–Kier alpha value is -2.25. The number of ether oxygens (including phenoxy) is 1. The zero-order chi connectivity index (χ0) is 19.7. The van der Waals surface area contributed by atoms with Gasteiger partial charge in [0.05, 0.1) is 15.2 Å². The van der Waals surface area contributed by atoms with Gasteiger partial charge >= 0.3 is 0 Å². The molecule has 0 N–H and O–H groups in total. The minimum atomic E-state index is -0.817. The number of likely N-dealkylation sites (tertiary alicyclic amines) is 1. The molecule has 28 heavy (non-hydrogen) atoms. The minimum absolute atomic E-state index is 0.127. The van der Waals surface area contributed by atoms with Crippen molar-refractivity contribution in [3.63, 3.8) is 0 Å². The van der Waals surface area contributed by atoms with E-state index in [0.29, 0.717) is 24.0 Å². The van der Waals surface area contributed by atoms with E-state index in [-0.39, 0.29) is 18.3 Å². The number of fused-ring (bicyclic) bond motifs is 1. The van der Waals surface area contributed by atoms with Crippen molar-refractivity contribution in [2.45, 2.75) is 18.8 Å². The molecule has 8 heteroatoms. The fourth-order valence-corrected chi connectivity index (χ4v) is 4.58. The second-order valence-electron chi connectivity index (χ2n) is 6.68. The van der Waals surface area contributed by atoms with Crippen LogP contribution in [0.25, 0.3) is 10.2 Å². The van der Waals surface area contributed by atoms with E-state index in [4.69, 9.17) is 21.3 Å². The van der Waals surface area contributed by atoms with Gasteiger partial charge in [0.1, 0.15) is 5.82 Å². The second kappa shape index (κ2) is 8.01. The Bertz CT molecular complexity index is 1020. The summed E-state index contributed by atoms with van der Waals surface area (Å²) in [6.45, 7) is 0.914. The van der Waals surface area contributed by atoms with E-state index in [1.165, 1.54) is 6.07 Å². The molecule has 1 amide bonds. The molecule has 0 saturated carbocycles. The van der Waals surface area contributed by atoms with E-state index < -0.39 is 11.6 Å². The van der Waals surface area contributed by atoms with Crippen molar-refractivity contribution < 1.29 is 18.3 Å². The quantitative estimate of drug-likeness (QED) is 0.593. The Morgan fingerprint density at radius 2 is 2.00 bits per heavy atom. The summed E-state index contributed by atoms with van der Waals surface area (Å²) in [4.78, 5) is 18.8. The first-order valence-electron chi connectivity index (χ1n) is 8.91. The van der Waals surface area contributed by atoms with Crippen LogP contribution in [0.15, 0.2) is 36.4 Å². The van der Waals surface area contributed by atoms with Gasteiger partial charge in [-0.05, 0) is 43.2 Å². The molecule has 4 nitrogen and oxygen atoms in total. The molecule has 1 fully saturated rings. The summed E-state index contributed by atoms with van der Waals surface area (Å²) in [5.74, 6) is -1.54. The van der Waals surface area contributed by atoms with Gasteiger partial charge in [-0.1, -0.05) is 11.6 Å². The number of carbonyl (C=O) groups excluding carboxylic acids is 1. The van der Waals surface area contributed by atoms with Gasteiger partial charge in [0.15, 0.2) is 18.2 Å². The number of aromatic nitrogens is 1. The highest BCUT2D eigenvalue weighted by Gasteiger charge is 2.26. The molecule has 0 atom stereocenters. The predicted molar refractivity (Wildman–Crippen MR) is 105 cm³/mol. The number of amides is 1. The van der Waals surface area contributed by atoms with Crippen molar-refractivity contribution in [2.24, 2.45) is 0 Å². The van der Waals surface area contributed by atoms with Crippen molar-refractivity contribution >= 4 is 39.1 Å². The van der Waals surface area contributed by atoms with Gasteiger partial charge in [0.2, 0.25) is 0 Å². The highest BCUT2D eigenvalue weighted by atomic mass is 35.5. The lowest BCUT2D eigenvalue weighted by atomic mass is 9.97. The van der Waals surface area contributed by atoms with Crippen LogP contribution in [0, 0.1) is 11.6 Å². The molecule has 1 saturated heterocycles. The Morgan fingerprint density at radius 3 is 2.75 bits per heavy atom. The van der Waals surface area contributed by atoms with Crippen LogP contribution in [-0.4, -0.2) is 35.5 Å². The first-order chi connectivity index (χ1) is 13.5. The molecule has 0 radical (unpaired) electrons. The lowest BCUT2D eigenvalue weighted by Gasteiger charge is -2.31. The van der Waals surface area contributed by atoms with Gasteiger partial charge in [0, 0.05) is 30.1 Å². The Balaban J connectivity index is 1.33. The molecular formula is C20H17ClF2N2O2S. The third-order valence-corrected chi connectivity index (χ3v) is 6.24. The van der Waals surface area contributed by atoms with Crippen LogP contribution in [0.2, 0.25) is 5.02 Å². The smallest absolute Gasteiger partial charge is 0.260 e. The average Bonchev–Trinajstić information content (AvgIpc) is 3.10. The van der Waals surface area contributed by atoms with Crippen molar-refractivity contribution in [1.29, 1.82) is 0 Å². The number of hydrogen-bond acceptors (Lipinski definition) is 4. The van der Waals surface area contributed by atoms with E-state index in [9.17, 15) is 13.6 Å². The number of rotatable bonds is 4. The maximum absolute atomic E-state index is 13.6. The third-order valence-electron chi connectivity index (χ3n) is 4.81. The summed E-state index contributed by atoms with van der Waals surface area (Å²) in [6, 6.07) is 8.71. The Labute approximate surface area is 169 Å².